The summed E-state index contributed by atoms with van der Waals surface area (Å²) in [6.45, 7) is 10.8. The van der Waals surface area contributed by atoms with E-state index < -0.39 is 0 Å². The van der Waals surface area contributed by atoms with Gasteiger partial charge in [-0.3, -0.25) is 4.90 Å². The maximum atomic E-state index is 9.94. The molecule has 0 spiro atoms. The van der Waals surface area contributed by atoms with Gasteiger partial charge in [-0.1, -0.05) is 0 Å². The fourth-order valence-electron chi connectivity index (χ4n) is 5.91. The number of likely N-dealkylation sites (tertiary alicyclic amines) is 1. The summed E-state index contributed by atoms with van der Waals surface area (Å²) in [6.07, 6.45) is 6.82. The molecule has 41 heavy (non-hydrogen) atoms. The maximum absolute atomic E-state index is 9.94. The molecular formula is C29H35N11O. The topological polar surface area (TPSA) is 135 Å². The SMILES string of the molecule is CCNc1nc(Nc2ccc3c(c2)c(C#N)cn3C2CCN(CCCN3CCOCC3)CC2)nn2c(C#N)cnc12. The Hall–Kier alpha value is -4.23. The van der Waals surface area contributed by atoms with Gasteiger partial charge in [-0.2, -0.15) is 20.0 Å². The van der Waals surface area contributed by atoms with E-state index in [0.717, 1.165) is 81.9 Å². The first-order valence-corrected chi connectivity index (χ1v) is 14.4. The molecule has 2 fully saturated rings. The van der Waals surface area contributed by atoms with E-state index in [0.29, 0.717) is 41.3 Å². The molecule has 0 radical (unpaired) electrons. The van der Waals surface area contributed by atoms with Crippen LogP contribution >= 0.6 is 0 Å². The van der Waals surface area contributed by atoms with Crippen LogP contribution in [0.3, 0.4) is 0 Å². The van der Waals surface area contributed by atoms with Gasteiger partial charge in [0.05, 0.1) is 25.0 Å². The molecule has 2 aliphatic rings. The average Bonchev–Trinajstić information content (AvgIpc) is 3.59. The summed E-state index contributed by atoms with van der Waals surface area (Å²) >= 11 is 0. The predicted molar refractivity (Wildman–Crippen MR) is 156 cm³/mol. The molecule has 2 N–H and O–H groups in total. The smallest absolute Gasteiger partial charge is 0.247 e. The second-order valence-electron chi connectivity index (χ2n) is 10.6. The Labute approximate surface area is 239 Å². The molecule has 2 saturated heterocycles. The number of hydrogen-bond donors (Lipinski definition) is 2. The standard InChI is InChI=1S/C29H35N11O/c1-2-32-27-28-33-19-24(18-31)40(28)36-29(35-27)34-22-4-5-26-25(16-22)21(17-30)20-39(26)23-6-10-37(11-7-23)8-3-9-38-12-14-41-15-13-38/h4-5,16,19-20,23H,2-3,6-15H2,1H3,(H2,32,34,35,36). The molecule has 0 atom stereocenters. The Bertz CT molecular complexity index is 1600. The van der Waals surface area contributed by atoms with Crippen LogP contribution in [0.25, 0.3) is 16.6 Å². The molecule has 0 amide bonds. The average molecular weight is 554 g/mol. The molecule has 2 aliphatic heterocycles. The summed E-state index contributed by atoms with van der Waals surface area (Å²) in [5.74, 6) is 0.880. The zero-order valence-electron chi connectivity index (χ0n) is 23.4. The third kappa shape index (κ3) is 5.68. The van der Waals surface area contributed by atoms with E-state index in [1.165, 1.54) is 17.1 Å². The number of nitriles is 2. The number of piperidine rings is 1. The van der Waals surface area contributed by atoms with Crippen LogP contribution in [0, 0.1) is 22.7 Å². The number of anilines is 3. The van der Waals surface area contributed by atoms with Crippen molar-refractivity contribution in [2.24, 2.45) is 0 Å². The summed E-state index contributed by atoms with van der Waals surface area (Å²) in [6, 6.07) is 10.9. The number of benzene rings is 1. The normalized spacial score (nSPS) is 17.0. The van der Waals surface area contributed by atoms with Crippen molar-refractivity contribution in [3.05, 3.63) is 41.9 Å². The highest BCUT2D eigenvalue weighted by molar-refractivity contribution is 5.90. The maximum Gasteiger partial charge on any atom is 0.247 e. The van der Waals surface area contributed by atoms with E-state index in [2.05, 4.69) is 58.3 Å². The van der Waals surface area contributed by atoms with E-state index in [-0.39, 0.29) is 0 Å². The van der Waals surface area contributed by atoms with E-state index in [9.17, 15) is 10.5 Å². The van der Waals surface area contributed by atoms with Crippen molar-refractivity contribution in [1.29, 1.82) is 10.5 Å². The third-order valence-electron chi connectivity index (χ3n) is 8.03. The number of aromatic nitrogens is 5. The molecule has 1 aromatic carbocycles. The first kappa shape index (κ1) is 27.0. The number of imidazole rings is 1. The number of nitrogens with zero attached hydrogens (tertiary/aromatic N) is 9. The molecule has 0 aliphatic carbocycles. The first-order valence-electron chi connectivity index (χ1n) is 14.4. The minimum atomic E-state index is 0.326. The molecule has 4 aromatic rings. The number of morpholine rings is 1. The lowest BCUT2D eigenvalue weighted by Crippen LogP contribution is -2.39. The van der Waals surface area contributed by atoms with Gasteiger partial charge in [-0.15, -0.1) is 5.10 Å². The number of rotatable bonds is 9. The van der Waals surface area contributed by atoms with Crippen molar-refractivity contribution in [2.45, 2.75) is 32.2 Å². The third-order valence-corrected chi connectivity index (χ3v) is 8.03. The molecule has 3 aromatic heterocycles. The monoisotopic (exact) mass is 553 g/mol. The van der Waals surface area contributed by atoms with Crippen LogP contribution in [0.2, 0.25) is 0 Å². The molecule has 0 unspecified atom stereocenters. The Kier molecular flexibility index (Phi) is 7.96. The highest BCUT2D eigenvalue weighted by Gasteiger charge is 2.23. The van der Waals surface area contributed by atoms with Crippen LogP contribution in [0.4, 0.5) is 17.5 Å². The van der Waals surface area contributed by atoms with Gasteiger partial charge in [-0.05, 0) is 57.5 Å². The number of hydrogen-bond acceptors (Lipinski definition) is 10. The first-order chi connectivity index (χ1) is 20.2. The van der Waals surface area contributed by atoms with Gasteiger partial charge in [0.25, 0.3) is 0 Å². The highest BCUT2D eigenvalue weighted by Crippen LogP contribution is 2.32. The number of ether oxygens (including phenoxy) is 1. The predicted octanol–water partition coefficient (Wildman–Crippen LogP) is 3.36. The molecule has 12 nitrogen and oxygen atoms in total. The molecule has 212 valence electrons. The molecule has 5 heterocycles. The second kappa shape index (κ2) is 12.1. The number of nitrogens with one attached hydrogen (secondary N) is 2. The highest BCUT2D eigenvalue weighted by atomic mass is 16.5. The molecular weight excluding hydrogens is 518 g/mol. The van der Waals surface area contributed by atoms with Crippen LogP contribution in [-0.2, 0) is 4.74 Å². The van der Waals surface area contributed by atoms with Crippen molar-refractivity contribution in [2.75, 3.05) is 69.7 Å². The van der Waals surface area contributed by atoms with Crippen LogP contribution in [0.1, 0.15) is 43.5 Å². The fraction of sp³-hybridized carbons (Fsp3) is 0.483. The van der Waals surface area contributed by atoms with Crippen LogP contribution < -0.4 is 10.6 Å². The zero-order chi connectivity index (χ0) is 28.2. The van der Waals surface area contributed by atoms with Crippen molar-refractivity contribution >= 4 is 34.0 Å². The minimum absolute atomic E-state index is 0.326. The Balaban J connectivity index is 1.15. The van der Waals surface area contributed by atoms with Gasteiger partial charge < -0.3 is 24.8 Å². The van der Waals surface area contributed by atoms with Gasteiger partial charge in [0, 0.05) is 61.6 Å². The zero-order valence-corrected chi connectivity index (χ0v) is 23.4. The van der Waals surface area contributed by atoms with Gasteiger partial charge in [0.2, 0.25) is 5.95 Å². The van der Waals surface area contributed by atoms with E-state index in [4.69, 9.17) is 4.74 Å². The Morgan fingerprint density at radius 3 is 2.56 bits per heavy atom. The van der Waals surface area contributed by atoms with Gasteiger partial charge >= 0.3 is 0 Å². The van der Waals surface area contributed by atoms with Crippen molar-refractivity contribution in [3.8, 4) is 12.1 Å². The molecule has 0 bridgehead atoms. The van der Waals surface area contributed by atoms with E-state index in [1.54, 1.807) is 0 Å². The lowest BCUT2D eigenvalue weighted by molar-refractivity contribution is 0.0356. The Morgan fingerprint density at radius 2 is 1.83 bits per heavy atom. The van der Waals surface area contributed by atoms with Crippen LogP contribution in [-0.4, -0.2) is 93.0 Å². The largest absolute Gasteiger partial charge is 0.379 e. The summed E-state index contributed by atoms with van der Waals surface area (Å²) < 4.78 is 9.23. The van der Waals surface area contributed by atoms with E-state index in [1.807, 2.05) is 25.3 Å². The number of fused-ring (bicyclic) bond motifs is 2. The molecule has 12 heteroatoms. The molecule has 6 rings (SSSR count). The summed E-state index contributed by atoms with van der Waals surface area (Å²) in [5.41, 5.74) is 3.30. The quantitative estimate of drug-likeness (QED) is 0.318. The van der Waals surface area contributed by atoms with Crippen molar-refractivity contribution < 1.29 is 4.74 Å². The van der Waals surface area contributed by atoms with Crippen LogP contribution in [0.5, 0.6) is 0 Å². The Morgan fingerprint density at radius 1 is 1.05 bits per heavy atom. The van der Waals surface area contributed by atoms with Crippen molar-refractivity contribution in [1.82, 2.24) is 33.9 Å². The van der Waals surface area contributed by atoms with Gasteiger partial charge in [0.15, 0.2) is 17.2 Å². The lowest BCUT2D eigenvalue weighted by atomic mass is 10.0. The lowest BCUT2D eigenvalue weighted by Gasteiger charge is -2.34. The fourth-order valence-corrected chi connectivity index (χ4v) is 5.91. The van der Waals surface area contributed by atoms with E-state index >= 15 is 0 Å². The molecule has 0 saturated carbocycles. The second-order valence-corrected chi connectivity index (χ2v) is 10.6. The summed E-state index contributed by atoms with van der Waals surface area (Å²) in [7, 11) is 0. The summed E-state index contributed by atoms with van der Waals surface area (Å²) in [5, 5.41) is 31.2. The minimum Gasteiger partial charge on any atom is -0.379 e. The summed E-state index contributed by atoms with van der Waals surface area (Å²) in [4.78, 5) is 13.9. The van der Waals surface area contributed by atoms with Crippen LogP contribution in [0.15, 0.2) is 30.6 Å². The van der Waals surface area contributed by atoms with Crippen molar-refractivity contribution in [3.63, 3.8) is 0 Å². The van der Waals surface area contributed by atoms with Gasteiger partial charge in [-0.25, -0.2) is 4.98 Å². The van der Waals surface area contributed by atoms with Gasteiger partial charge in [0.1, 0.15) is 12.1 Å².